The van der Waals surface area contributed by atoms with Gasteiger partial charge < -0.3 is 20.1 Å². The number of para-hydroxylation sites is 1. The summed E-state index contributed by atoms with van der Waals surface area (Å²) in [6.07, 6.45) is 5.88. The number of H-pyrrole nitrogens is 1. The summed E-state index contributed by atoms with van der Waals surface area (Å²) in [6.45, 7) is 2.08. The summed E-state index contributed by atoms with van der Waals surface area (Å²) in [5.74, 6) is 2.25. The molecule has 0 saturated heterocycles. The number of aliphatic hydroxyl groups is 1. The van der Waals surface area contributed by atoms with E-state index in [1.54, 1.807) is 0 Å². The molecule has 0 unspecified atom stereocenters. The normalized spacial score (nSPS) is 19.3. The Balaban J connectivity index is 1.41. The third kappa shape index (κ3) is 3.80. The third-order valence-electron chi connectivity index (χ3n) is 5.63. The number of aromatic amines is 1. The van der Waals surface area contributed by atoms with Crippen molar-refractivity contribution < 1.29 is 9.84 Å². The van der Waals surface area contributed by atoms with E-state index in [-0.39, 0.29) is 12.2 Å². The summed E-state index contributed by atoms with van der Waals surface area (Å²) >= 11 is 0. The van der Waals surface area contributed by atoms with Crippen LogP contribution >= 0.6 is 0 Å². The lowest BCUT2D eigenvalue weighted by atomic mass is 9.95. The van der Waals surface area contributed by atoms with Crippen molar-refractivity contribution >= 4 is 33.6 Å². The molecule has 1 fully saturated rings. The van der Waals surface area contributed by atoms with Crippen LogP contribution in [0.25, 0.3) is 21.9 Å². The van der Waals surface area contributed by atoms with E-state index in [4.69, 9.17) is 9.72 Å². The number of aromatic nitrogens is 4. The second-order valence-corrected chi connectivity index (χ2v) is 7.83. The Morgan fingerprint density at radius 1 is 1.13 bits per heavy atom. The fourth-order valence-electron chi connectivity index (χ4n) is 3.96. The van der Waals surface area contributed by atoms with Crippen molar-refractivity contribution in [2.45, 2.75) is 51.2 Å². The number of anilines is 2. The maximum Gasteiger partial charge on any atom is 0.227 e. The van der Waals surface area contributed by atoms with Crippen molar-refractivity contribution in [2.24, 2.45) is 0 Å². The molecule has 2 heterocycles. The Labute approximate surface area is 174 Å². The highest BCUT2D eigenvalue weighted by atomic mass is 16.5. The first-order valence-electron chi connectivity index (χ1n) is 10.5. The number of nitrogens with one attached hydrogen (secondary N) is 2. The van der Waals surface area contributed by atoms with Crippen LogP contribution in [0.5, 0.6) is 5.75 Å². The molecule has 154 valence electrons. The first-order chi connectivity index (χ1) is 14.7. The van der Waals surface area contributed by atoms with Crippen molar-refractivity contribution in [3.05, 3.63) is 48.4 Å². The van der Waals surface area contributed by atoms with Gasteiger partial charge in [0.25, 0.3) is 0 Å². The number of fused-ring (bicyclic) bond motifs is 2. The van der Waals surface area contributed by atoms with E-state index >= 15 is 0 Å². The average Bonchev–Trinajstić information content (AvgIpc) is 3.18. The monoisotopic (exact) mass is 403 g/mol. The zero-order chi connectivity index (χ0) is 20.5. The topological polar surface area (TPSA) is 96.0 Å². The minimum absolute atomic E-state index is 0.112. The van der Waals surface area contributed by atoms with Crippen LogP contribution < -0.4 is 10.1 Å². The summed E-state index contributed by atoms with van der Waals surface area (Å²) in [6, 6.07) is 11.9. The van der Waals surface area contributed by atoms with Gasteiger partial charge in [-0.05, 0) is 49.9 Å². The molecule has 1 aliphatic rings. The molecule has 0 radical (unpaired) electrons. The summed E-state index contributed by atoms with van der Waals surface area (Å²) < 4.78 is 6.25. The van der Waals surface area contributed by atoms with Gasteiger partial charge in [0.05, 0.1) is 23.2 Å². The van der Waals surface area contributed by atoms with Gasteiger partial charge in [0.2, 0.25) is 5.95 Å². The molecule has 5 rings (SSSR count). The molecule has 0 bridgehead atoms. The van der Waals surface area contributed by atoms with Crippen molar-refractivity contribution in [1.82, 2.24) is 19.9 Å². The number of hydrogen-bond donors (Lipinski definition) is 3. The van der Waals surface area contributed by atoms with Gasteiger partial charge in [0, 0.05) is 23.7 Å². The Morgan fingerprint density at radius 2 is 2.00 bits per heavy atom. The van der Waals surface area contributed by atoms with Gasteiger partial charge >= 0.3 is 0 Å². The molecule has 1 saturated carbocycles. The quantitative estimate of drug-likeness (QED) is 0.454. The van der Waals surface area contributed by atoms with Crippen LogP contribution in [-0.4, -0.2) is 37.3 Å². The molecule has 4 aromatic rings. The number of imidazole rings is 1. The molecule has 1 aliphatic carbocycles. The van der Waals surface area contributed by atoms with Crippen molar-refractivity contribution in [3.8, 4) is 5.75 Å². The lowest BCUT2D eigenvalue weighted by molar-refractivity contribution is 0.0672. The lowest BCUT2D eigenvalue weighted by Gasteiger charge is -2.26. The van der Waals surface area contributed by atoms with E-state index in [0.29, 0.717) is 5.95 Å². The number of ether oxygens (including phenoxy) is 1. The number of benzene rings is 2. The smallest absolute Gasteiger partial charge is 0.227 e. The van der Waals surface area contributed by atoms with Crippen molar-refractivity contribution in [3.63, 3.8) is 0 Å². The minimum Gasteiger partial charge on any atom is -0.488 e. The number of hydrogen-bond acceptors (Lipinski definition) is 6. The fourth-order valence-corrected chi connectivity index (χ4v) is 3.96. The van der Waals surface area contributed by atoms with Crippen LogP contribution in [0, 0.1) is 0 Å². The summed E-state index contributed by atoms with van der Waals surface area (Å²) in [4.78, 5) is 17.1. The van der Waals surface area contributed by atoms with Gasteiger partial charge in [-0.15, -0.1) is 0 Å². The van der Waals surface area contributed by atoms with Gasteiger partial charge in [0.1, 0.15) is 17.1 Å². The highest BCUT2D eigenvalue weighted by Gasteiger charge is 2.21. The second-order valence-electron chi connectivity index (χ2n) is 7.83. The van der Waals surface area contributed by atoms with E-state index in [1.165, 1.54) is 0 Å². The van der Waals surface area contributed by atoms with Gasteiger partial charge in [-0.25, -0.2) is 15.0 Å². The maximum absolute atomic E-state index is 9.73. The highest BCUT2D eigenvalue weighted by Crippen LogP contribution is 2.29. The maximum atomic E-state index is 9.73. The molecule has 7 heteroatoms. The van der Waals surface area contributed by atoms with Crippen LogP contribution in [0.1, 0.15) is 38.4 Å². The van der Waals surface area contributed by atoms with Gasteiger partial charge in [-0.1, -0.05) is 19.1 Å². The van der Waals surface area contributed by atoms with Crippen molar-refractivity contribution in [2.75, 3.05) is 5.32 Å². The van der Waals surface area contributed by atoms with E-state index in [2.05, 4.69) is 27.2 Å². The third-order valence-corrected chi connectivity index (χ3v) is 5.63. The molecular weight excluding hydrogens is 378 g/mol. The Bertz CT molecular complexity index is 1180. The Kier molecular flexibility index (Phi) is 4.96. The predicted octanol–water partition coefficient (Wildman–Crippen LogP) is 4.49. The first-order valence-corrected chi connectivity index (χ1v) is 10.5. The number of rotatable bonds is 5. The van der Waals surface area contributed by atoms with E-state index < -0.39 is 0 Å². The van der Waals surface area contributed by atoms with Crippen LogP contribution in [0.2, 0.25) is 0 Å². The van der Waals surface area contributed by atoms with Crippen LogP contribution in [0.15, 0.2) is 42.6 Å². The molecule has 0 aliphatic heterocycles. The fraction of sp³-hybridized carbons (Fsp3) is 0.348. The molecule has 0 amide bonds. The first kappa shape index (κ1) is 18.8. The second kappa shape index (κ2) is 7.91. The number of aryl methyl sites for hydroxylation is 1. The molecule has 7 nitrogen and oxygen atoms in total. The average molecular weight is 403 g/mol. The molecule has 30 heavy (non-hydrogen) atoms. The standard InChI is InChI=1S/C23H25N5O2/c1-2-21-26-18-11-6-15(12-19(18)27-21)25-23-24-13-14-4-3-5-20(22(14)28-23)30-17-9-7-16(29)8-10-17/h3-6,11-13,16-17,29H,2,7-10H2,1H3,(H,26,27)(H,24,25,28). The molecule has 3 N–H and O–H groups in total. The van der Waals surface area contributed by atoms with Crippen LogP contribution in [0.3, 0.4) is 0 Å². The SMILES string of the molecule is CCc1nc2ccc(Nc3ncc4cccc(OC5CCC(O)CC5)c4n3)cc2[nH]1. The zero-order valence-electron chi connectivity index (χ0n) is 16.9. The lowest BCUT2D eigenvalue weighted by Crippen LogP contribution is -2.26. The molecule has 0 atom stereocenters. The largest absolute Gasteiger partial charge is 0.488 e. The van der Waals surface area contributed by atoms with Gasteiger partial charge in [-0.3, -0.25) is 0 Å². The van der Waals surface area contributed by atoms with Crippen LogP contribution in [0.4, 0.5) is 11.6 Å². The zero-order valence-corrected chi connectivity index (χ0v) is 16.9. The molecule has 2 aromatic carbocycles. The number of aliphatic hydroxyl groups excluding tert-OH is 1. The predicted molar refractivity (Wildman–Crippen MR) is 117 cm³/mol. The van der Waals surface area contributed by atoms with E-state index in [1.807, 2.05) is 42.6 Å². The Morgan fingerprint density at radius 3 is 2.83 bits per heavy atom. The van der Waals surface area contributed by atoms with Crippen molar-refractivity contribution in [1.29, 1.82) is 0 Å². The van der Waals surface area contributed by atoms with E-state index in [9.17, 15) is 5.11 Å². The van der Waals surface area contributed by atoms with Gasteiger partial charge in [0.15, 0.2) is 0 Å². The Hall–Kier alpha value is -3.19. The number of nitrogens with zero attached hydrogens (tertiary/aromatic N) is 3. The minimum atomic E-state index is -0.198. The molecule has 0 spiro atoms. The van der Waals surface area contributed by atoms with Crippen LogP contribution in [-0.2, 0) is 6.42 Å². The molecule has 2 aromatic heterocycles. The van der Waals surface area contributed by atoms with E-state index in [0.717, 1.165) is 71.3 Å². The highest BCUT2D eigenvalue weighted by molar-refractivity contribution is 5.85. The van der Waals surface area contributed by atoms with Gasteiger partial charge in [-0.2, -0.15) is 0 Å². The summed E-state index contributed by atoms with van der Waals surface area (Å²) in [5, 5.41) is 14.0. The summed E-state index contributed by atoms with van der Waals surface area (Å²) in [7, 11) is 0. The molecular formula is C23H25N5O2. The summed E-state index contributed by atoms with van der Waals surface area (Å²) in [5.41, 5.74) is 3.62.